The molecule has 1 aromatic carbocycles. The second kappa shape index (κ2) is 4.15. The van der Waals surface area contributed by atoms with Gasteiger partial charge in [-0.15, -0.1) is 0 Å². The number of rotatable bonds is 2. The minimum absolute atomic E-state index is 0.0760. The Bertz CT molecular complexity index is 418. The summed E-state index contributed by atoms with van der Waals surface area (Å²) in [6, 6.07) is 7.27. The van der Waals surface area contributed by atoms with Crippen LogP contribution >= 0.6 is 0 Å². The number of Topliss-reactive ketones (excluding diaryl/α,β-unsaturated/α-hetero) is 1. The van der Waals surface area contributed by atoms with Crippen LogP contribution in [0.3, 0.4) is 0 Å². The third kappa shape index (κ3) is 1.95. The third-order valence-electron chi connectivity index (χ3n) is 4.07. The largest absolute Gasteiger partial charge is 0.508 e. The van der Waals surface area contributed by atoms with Crippen LogP contribution in [0.25, 0.3) is 0 Å². The van der Waals surface area contributed by atoms with Crippen molar-refractivity contribution in [2.75, 3.05) is 13.1 Å². The lowest BCUT2D eigenvalue weighted by molar-refractivity contribution is -0.136. The molecular formula is C14H17NO2. The predicted molar refractivity (Wildman–Crippen MR) is 64.9 cm³/mol. The van der Waals surface area contributed by atoms with E-state index < -0.39 is 0 Å². The highest BCUT2D eigenvalue weighted by Gasteiger charge is 2.40. The third-order valence-corrected chi connectivity index (χ3v) is 4.07. The van der Waals surface area contributed by atoms with Gasteiger partial charge in [-0.2, -0.15) is 0 Å². The van der Waals surface area contributed by atoms with E-state index in [0.29, 0.717) is 11.7 Å². The first kappa shape index (κ1) is 10.8. The SMILES string of the molecule is O=C1C2CCN(CC2)C1Cc1ccc(O)cc1. The fraction of sp³-hybridized carbons (Fsp3) is 0.500. The number of nitrogens with zero attached hydrogens (tertiary/aromatic N) is 1. The number of carbonyl (C=O) groups excluding carboxylic acids is 1. The monoisotopic (exact) mass is 231 g/mol. The van der Waals surface area contributed by atoms with E-state index in [1.165, 1.54) is 0 Å². The van der Waals surface area contributed by atoms with Crippen LogP contribution in [0.4, 0.5) is 0 Å². The van der Waals surface area contributed by atoms with E-state index in [-0.39, 0.29) is 11.8 Å². The van der Waals surface area contributed by atoms with Crippen LogP contribution in [0.1, 0.15) is 18.4 Å². The van der Waals surface area contributed by atoms with Crippen LogP contribution in [-0.2, 0) is 11.2 Å². The molecule has 2 bridgehead atoms. The molecule has 90 valence electrons. The maximum Gasteiger partial charge on any atom is 0.153 e. The molecular weight excluding hydrogens is 214 g/mol. The highest BCUT2D eigenvalue weighted by atomic mass is 16.3. The maximum atomic E-state index is 12.2. The standard InChI is InChI=1S/C14H17NO2/c16-12-3-1-10(2-4-12)9-13-14(17)11-5-7-15(13)8-6-11/h1-4,11,13,16H,5-9H2. The molecule has 3 saturated heterocycles. The lowest BCUT2D eigenvalue weighted by Crippen LogP contribution is -2.56. The zero-order valence-electron chi connectivity index (χ0n) is 9.80. The average molecular weight is 231 g/mol. The van der Waals surface area contributed by atoms with Crippen molar-refractivity contribution in [3.05, 3.63) is 29.8 Å². The summed E-state index contributed by atoms with van der Waals surface area (Å²) >= 11 is 0. The molecule has 1 N–H and O–H groups in total. The summed E-state index contributed by atoms with van der Waals surface area (Å²) in [5, 5.41) is 9.24. The molecule has 3 fully saturated rings. The first-order chi connectivity index (χ1) is 8.24. The van der Waals surface area contributed by atoms with E-state index >= 15 is 0 Å². The summed E-state index contributed by atoms with van der Waals surface area (Å²) in [5.74, 6) is 1.02. The number of hydrogen-bond donors (Lipinski definition) is 1. The van der Waals surface area contributed by atoms with E-state index in [9.17, 15) is 9.90 Å². The lowest BCUT2D eigenvalue weighted by atomic mass is 9.80. The lowest BCUT2D eigenvalue weighted by Gasteiger charge is -2.44. The van der Waals surface area contributed by atoms with Crippen LogP contribution in [0.2, 0.25) is 0 Å². The molecule has 0 aliphatic carbocycles. The Hall–Kier alpha value is -1.35. The molecule has 17 heavy (non-hydrogen) atoms. The molecule has 1 aromatic rings. The van der Waals surface area contributed by atoms with E-state index in [1.807, 2.05) is 12.1 Å². The van der Waals surface area contributed by atoms with Crippen molar-refractivity contribution in [2.24, 2.45) is 5.92 Å². The molecule has 3 heteroatoms. The summed E-state index contributed by atoms with van der Waals surface area (Å²) in [4.78, 5) is 14.5. The van der Waals surface area contributed by atoms with Gasteiger partial charge in [-0.3, -0.25) is 9.69 Å². The van der Waals surface area contributed by atoms with Gasteiger partial charge < -0.3 is 5.11 Å². The molecule has 3 aliphatic heterocycles. The first-order valence-electron chi connectivity index (χ1n) is 6.30. The summed E-state index contributed by atoms with van der Waals surface area (Å²) in [6.07, 6.45) is 2.88. The molecule has 1 unspecified atom stereocenters. The Morgan fingerprint density at radius 3 is 2.41 bits per heavy atom. The molecule has 3 heterocycles. The summed E-state index contributed by atoms with van der Waals surface area (Å²) in [6.45, 7) is 2.14. The number of phenolic OH excluding ortho intramolecular Hbond substituents is 1. The van der Waals surface area contributed by atoms with Crippen LogP contribution in [0.5, 0.6) is 5.75 Å². The van der Waals surface area contributed by atoms with Crippen molar-refractivity contribution in [2.45, 2.75) is 25.3 Å². The van der Waals surface area contributed by atoms with Crippen LogP contribution in [0, 0.1) is 5.92 Å². The predicted octanol–water partition coefficient (Wildman–Crippen LogP) is 1.60. The number of carbonyl (C=O) groups is 1. The normalized spacial score (nSPS) is 31.8. The minimum Gasteiger partial charge on any atom is -0.508 e. The van der Waals surface area contributed by atoms with Crippen LogP contribution in [-0.4, -0.2) is 34.9 Å². The highest BCUT2D eigenvalue weighted by Crippen LogP contribution is 2.30. The Morgan fingerprint density at radius 1 is 1.18 bits per heavy atom. The Kier molecular flexibility index (Phi) is 2.63. The Labute approximate surface area is 101 Å². The van der Waals surface area contributed by atoms with Crippen molar-refractivity contribution in [1.82, 2.24) is 4.90 Å². The fourth-order valence-corrected chi connectivity index (χ4v) is 3.03. The van der Waals surface area contributed by atoms with Crippen molar-refractivity contribution < 1.29 is 9.90 Å². The molecule has 0 saturated carbocycles. The smallest absolute Gasteiger partial charge is 0.153 e. The van der Waals surface area contributed by atoms with E-state index in [0.717, 1.165) is 37.9 Å². The van der Waals surface area contributed by atoms with Gasteiger partial charge in [0.05, 0.1) is 6.04 Å². The molecule has 0 aromatic heterocycles. The van der Waals surface area contributed by atoms with Crippen molar-refractivity contribution in [3.8, 4) is 5.75 Å². The molecule has 0 amide bonds. The number of piperidine rings is 3. The van der Waals surface area contributed by atoms with Gasteiger partial charge in [-0.25, -0.2) is 0 Å². The van der Waals surface area contributed by atoms with Gasteiger partial charge in [0.1, 0.15) is 5.75 Å². The second-order valence-electron chi connectivity index (χ2n) is 5.10. The highest BCUT2D eigenvalue weighted by molar-refractivity contribution is 5.88. The van der Waals surface area contributed by atoms with Gasteiger partial charge in [0.15, 0.2) is 5.78 Å². The van der Waals surface area contributed by atoms with Gasteiger partial charge in [0.25, 0.3) is 0 Å². The number of aromatic hydroxyl groups is 1. The molecule has 3 aliphatic rings. The molecule has 1 atom stereocenters. The molecule has 0 radical (unpaired) electrons. The van der Waals surface area contributed by atoms with Gasteiger partial charge >= 0.3 is 0 Å². The maximum absolute atomic E-state index is 12.2. The zero-order chi connectivity index (χ0) is 11.8. The second-order valence-corrected chi connectivity index (χ2v) is 5.10. The number of hydrogen-bond acceptors (Lipinski definition) is 3. The summed E-state index contributed by atoms with van der Waals surface area (Å²) in [7, 11) is 0. The molecule has 3 nitrogen and oxygen atoms in total. The van der Waals surface area contributed by atoms with E-state index in [1.54, 1.807) is 12.1 Å². The van der Waals surface area contributed by atoms with Crippen LogP contribution < -0.4 is 0 Å². The van der Waals surface area contributed by atoms with Gasteiger partial charge in [-0.05, 0) is 50.0 Å². The summed E-state index contributed by atoms with van der Waals surface area (Å²) in [5.41, 5.74) is 1.13. The van der Waals surface area contributed by atoms with E-state index in [4.69, 9.17) is 0 Å². The summed E-state index contributed by atoms with van der Waals surface area (Å²) < 4.78 is 0. The fourth-order valence-electron chi connectivity index (χ4n) is 3.03. The number of ketones is 1. The first-order valence-corrected chi connectivity index (χ1v) is 6.30. The minimum atomic E-state index is 0.0760. The average Bonchev–Trinajstić information content (AvgIpc) is 2.37. The van der Waals surface area contributed by atoms with Crippen molar-refractivity contribution >= 4 is 5.78 Å². The zero-order valence-corrected chi connectivity index (χ0v) is 9.80. The van der Waals surface area contributed by atoms with E-state index in [2.05, 4.69) is 4.90 Å². The Balaban J connectivity index is 1.76. The van der Waals surface area contributed by atoms with Gasteiger partial charge in [0, 0.05) is 5.92 Å². The number of fused-ring (bicyclic) bond motifs is 3. The van der Waals surface area contributed by atoms with Gasteiger partial charge in [-0.1, -0.05) is 12.1 Å². The Morgan fingerprint density at radius 2 is 1.82 bits per heavy atom. The van der Waals surface area contributed by atoms with Crippen molar-refractivity contribution in [3.63, 3.8) is 0 Å². The number of benzene rings is 1. The van der Waals surface area contributed by atoms with Gasteiger partial charge in [0.2, 0.25) is 0 Å². The topological polar surface area (TPSA) is 40.5 Å². The number of phenols is 1. The van der Waals surface area contributed by atoms with Crippen LogP contribution in [0.15, 0.2) is 24.3 Å². The molecule has 0 spiro atoms. The quantitative estimate of drug-likeness (QED) is 0.840. The molecule has 4 rings (SSSR count). The van der Waals surface area contributed by atoms with Crippen molar-refractivity contribution in [1.29, 1.82) is 0 Å².